The molecular weight excluding hydrogens is 318 g/mol. The second kappa shape index (κ2) is 5.59. The second-order valence-corrected chi connectivity index (χ2v) is 5.16. The van der Waals surface area contributed by atoms with Crippen molar-refractivity contribution in [3.63, 3.8) is 0 Å². The van der Waals surface area contributed by atoms with Gasteiger partial charge in [0, 0.05) is 18.1 Å². The minimum atomic E-state index is -0.159. The summed E-state index contributed by atoms with van der Waals surface area (Å²) in [6.45, 7) is 0.514. The Labute approximate surface area is 118 Å². The minimum absolute atomic E-state index is 0.126. The molecule has 0 radical (unpaired) electrons. The molecule has 0 atom stereocenters. The molecule has 0 unspecified atom stereocenters. The number of amides is 1. The van der Waals surface area contributed by atoms with Gasteiger partial charge in [0.2, 0.25) is 5.22 Å². The van der Waals surface area contributed by atoms with Gasteiger partial charge in [0.15, 0.2) is 0 Å². The lowest BCUT2D eigenvalue weighted by Gasteiger charge is -2.16. The van der Waals surface area contributed by atoms with Crippen LogP contribution in [0.5, 0.6) is 0 Å². The van der Waals surface area contributed by atoms with Crippen molar-refractivity contribution in [2.45, 2.75) is 6.54 Å². The maximum absolute atomic E-state index is 12.1. The SMILES string of the molecule is CN(Cc1cccc(Br)c1)C(=O)c1ccoc1Cl. The van der Waals surface area contributed by atoms with E-state index in [-0.39, 0.29) is 11.1 Å². The Hall–Kier alpha value is -1.26. The quantitative estimate of drug-likeness (QED) is 0.854. The highest BCUT2D eigenvalue weighted by atomic mass is 79.9. The third kappa shape index (κ3) is 2.94. The van der Waals surface area contributed by atoms with Gasteiger partial charge in [0.05, 0.1) is 11.8 Å². The van der Waals surface area contributed by atoms with Crippen molar-refractivity contribution < 1.29 is 9.21 Å². The zero-order chi connectivity index (χ0) is 13.1. The molecule has 0 bridgehead atoms. The molecule has 0 saturated heterocycles. The average molecular weight is 329 g/mol. The summed E-state index contributed by atoms with van der Waals surface area (Å²) < 4.78 is 5.90. The van der Waals surface area contributed by atoms with Gasteiger partial charge in [0.25, 0.3) is 5.91 Å². The first-order valence-corrected chi connectivity index (χ1v) is 6.48. The third-order valence-electron chi connectivity index (χ3n) is 2.50. The van der Waals surface area contributed by atoms with Crippen molar-refractivity contribution in [1.82, 2.24) is 4.90 Å². The van der Waals surface area contributed by atoms with Gasteiger partial charge >= 0.3 is 0 Å². The van der Waals surface area contributed by atoms with Crippen LogP contribution >= 0.6 is 27.5 Å². The van der Waals surface area contributed by atoms with Crippen LogP contribution in [0.15, 0.2) is 45.5 Å². The Bertz CT molecular complexity index is 568. The molecule has 1 amide bonds. The van der Waals surface area contributed by atoms with E-state index >= 15 is 0 Å². The summed E-state index contributed by atoms with van der Waals surface area (Å²) in [5.74, 6) is -0.159. The summed E-state index contributed by atoms with van der Waals surface area (Å²) in [7, 11) is 1.73. The summed E-state index contributed by atoms with van der Waals surface area (Å²) in [4.78, 5) is 13.7. The third-order valence-corrected chi connectivity index (χ3v) is 3.29. The molecule has 18 heavy (non-hydrogen) atoms. The van der Waals surface area contributed by atoms with Crippen molar-refractivity contribution >= 4 is 33.4 Å². The van der Waals surface area contributed by atoms with Gasteiger partial charge < -0.3 is 9.32 Å². The molecule has 5 heteroatoms. The topological polar surface area (TPSA) is 33.5 Å². The highest BCUT2D eigenvalue weighted by molar-refractivity contribution is 9.10. The molecule has 1 heterocycles. The Morgan fingerprint density at radius 3 is 2.83 bits per heavy atom. The lowest BCUT2D eigenvalue weighted by atomic mass is 10.2. The van der Waals surface area contributed by atoms with Crippen LogP contribution in [0.4, 0.5) is 0 Å². The fourth-order valence-corrected chi connectivity index (χ4v) is 2.27. The first kappa shape index (κ1) is 13.2. The van der Waals surface area contributed by atoms with Crippen LogP contribution in [-0.2, 0) is 6.54 Å². The zero-order valence-electron chi connectivity index (χ0n) is 9.69. The molecule has 1 aromatic carbocycles. The smallest absolute Gasteiger partial charge is 0.258 e. The molecule has 94 valence electrons. The lowest BCUT2D eigenvalue weighted by molar-refractivity contribution is 0.0784. The Morgan fingerprint density at radius 2 is 2.22 bits per heavy atom. The fraction of sp³-hybridized carbons (Fsp3) is 0.154. The van der Waals surface area contributed by atoms with E-state index in [0.29, 0.717) is 12.1 Å². The van der Waals surface area contributed by atoms with E-state index in [1.54, 1.807) is 18.0 Å². The molecule has 3 nitrogen and oxygen atoms in total. The number of carbonyl (C=O) groups is 1. The van der Waals surface area contributed by atoms with Gasteiger partial charge in [-0.05, 0) is 35.4 Å². The highest BCUT2D eigenvalue weighted by Gasteiger charge is 2.17. The molecule has 2 aromatic rings. The predicted molar refractivity (Wildman–Crippen MR) is 73.7 cm³/mol. The number of benzene rings is 1. The molecular formula is C13H11BrClNO2. The fourth-order valence-electron chi connectivity index (χ4n) is 1.63. The molecule has 2 rings (SSSR count). The van der Waals surface area contributed by atoms with Gasteiger partial charge in [-0.2, -0.15) is 0 Å². The average Bonchev–Trinajstić information content (AvgIpc) is 2.74. The van der Waals surface area contributed by atoms with Crippen LogP contribution in [-0.4, -0.2) is 17.9 Å². The summed E-state index contributed by atoms with van der Waals surface area (Å²) >= 11 is 9.19. The van der Waals surface area contributed by atoms with E-state index in [0.717, 1.165) is 10.0 Å². The Morgan fingerprint density at radius 1 is 1.44 bits per heavy atom. The maximum Gasteiger partial charge on any atom is 0.258 e. The van der Waals surface area contributed by atoms with E-state index in [4.69, 9.17) is 16.0 Å². The van der Waals surface area contributed by atoms with Gasteiger partial charge in [-0.1, -0.05) is 28.1 Å². The summed E-state index contributed by atoms with van der Waals surface area (Å²) in [5.41, 5.74) is 1.43. The Balaban J connectivity index is 2.11. The van der Waals surface area contributed by atoms with Crippen molar-refractivity contribution in [3.05, 3.63) is 57.4 Å². The first-order chi connectivity index (χ1) is 8.58. The molecule has 0 aliphatic carbocycles. The lowest BCUT2D eigenvalue weighted by Crippen LogP contribution is -2.26. The normalized spacial score (nSPS) is 10.4. The van der Waals surface area contributed by atoms with Crippen LogP contribution in [0.1, 0.15) is 15.9 Å². The van der Waals surface area contributed by atoms with E-state index < -0.39 is 0 Å². The van der Waals surface area contributed by atoms with Gasteiger partial charge in [-0.25, -0.2) is 0 Å². The van der Waals surface area contributed by atoms with Gasteiger partial charge in [-0.3, -0.25) is 4.79 Å². The number of furan rings is 1. The Kier molecular flexibility index (Phi) is 4.09. The highest BCUT2D eigenvalue weighted by Crippen LogP contribution is 2.19. The van der Waals surface area contributed by atoms with Crippen molar-refractivity contribution in [2.24, 2.45) is 0 Å². The molecule has 0 aliphatic heterocycles. The van der Waals surface area contributed by atoms with Crippen LogP contribution in [0.2, 0.25) is 5.22 Å². The van der Waals surface area contributed by atoms with E-state index in [1.165, 1.54) is 6.26 Å². The second-order valence-electron chi connectivity index (χ2n) is 3.90. The van der Waals surface area contributed by atoms with Crippen LogP contribution in [0.25, 0.3) is 0 Å². The molecule has 0 saturated carbocycles. The zero-order valence-corrected chi connectivity index (χ0v) is 12.0. The van der Waals surface area contributed by atoms with Crippen LogP contribution < -0.4 is 0 Å². The molecule has 0 aliphatic rings. The van der Waals surface area contributed by atoms with Crippen LogP contribution in [0, 0.1) is 0 Å². The number of halogens is 2. The number of rotatable bonds is 3. The number of hydrogen-bond acceptors (Lipinski definition) is 2. The largest absolute Gasteiger partial charge is 0.452 e. The van der Waals surface area contributed by atoms with Crippen LogP contribution in [0.3, 0.4) is 0 Å². The summed E-state index contributed by atoms with van der Waals surface area (Å²) in [6.07, 6.45) is 1.41. The predicted octanol–water partition coefficient (Wildman–Crippen LogP) is 3.97. The van der Waals surface area contributed by atoms with Gasteiger partial charge in [-0.15, -0.1) is 0 Å². The van der Waals surface area contributed by atoms with E-state index in [2.05, 4.69) is 15.9 Å². The number of hydrogen-bond donors (Lipinski definition) is 0. The maximum atomic E-state index is 12.1. The summed E-state index contributed by atoms with van der Waals surface area (Å²) in [5, 5.41) is 0.126. The van der Waals surface area contributed by atoms with Gasteiger partial charge in [0.1, 0.15) is 0 Å². The van der Waals surface area contributed by atoms with E-state index in [9.17, 15) is 4.79 Å². The minimum Gasteiger partial charge on any atom is -0.452 e. The molecule has 0 fully saturated rings. The molecule has 0 spiro atoms. The number of carbonyl (C=O) groups excluding carboxylic acids is 1. The van der Waals surface area contributed by atoms with Crippen molar-refractivity contribution in [2.75, 3.05) is 7.05 Å². The standard InChI is InChI=1S/C13H11BrClNO2/c1-16(8-9-3-2-4-10(14)7-9)13(17)11-5-6-18-12(11)15/h2-7H,8H2,1H3. The number of nitrogens with zero attached hydrogens (tertiary/aromatic N) is 1. The first-order valence-electron chi connectivity index (χ1n) is 5.31. The van der Waals surface area contributed by atoms with Crippen molar-refractivity contribution in [1.29, 1.82) is 0 Å². The van der Waals surface area contributed by atoms with Crippen molar-refractivity contribution in [3.8, 4) is 0 Å². The molecule has 0 N–H and O–H groups in total. The monoisotopic (exact) mass is 327 g/mol. The molecule has 1 aromatic heterocycles. The summed E-state index contributed by atoms with van der Waals surface area (Å²) in [6, 6.07) is 9.38. The van der Waals surface area contributed by atoms with E-state index in [1.807, 2.05) is 24.3 Å².